The average Bonchev–Trinajstić information content (AvgIpc) is 3.81. The van der Waals surface area contributed by atoms with Gasteiger partial charge in [0.25, 0.3) is 0 Å². The van der Waals surface area contributed by atoms with Crippen LogP contribution in [-0.2, 0) is 5.41 Å². The van der Waals surface area contributed by atoms with Gasteiger partial charge in [0.15, 0.2) is 17.5 Å². The maximum atomic E-state index is 6.56. The quantitative estimate of drug-likeness (QED) is 0.172. The van der Waals surface area contributed by atoms with E-state index in [2.05, 4.69) is 127 Å². The van der Waals surface area contributed by atoms with Gasteiger partial charge in [0, 0.05) is 27.5 Å². The van der Waals surface area contributed by atoms with Crippen LogP contribution in [-0.4, -0.2) is 15.0 Å². The number of hydrogen-bond donors (Lipinski definition) is 0. The highest BCUT2D eigenvalue weighted by atomic mass is 16.3. The lowest BCUT2D eigenvalue weighted by molar-refractivity contribution is 0.669. The van der Waals surface area contributed by atoms with Crippen LogP contribution in [0.1, 0.15) is 22.3 Å². The minimum atomic E-state index is -0.477. The zero-order valence-electron chi connectivity index (χ0n) is 30.3. The highest BCUT2D eigenvalue weighted by molar-refractivity contribution is 6.13. The summed E-state index contributed by atoms with van der Waals surface area (Å²) in [6.45, 7) is 0. The van der Waals surface area contributed by atoms with Gasteiger partial charge in [0.2, 0.25) is 0 Å². The van der Waals surface area contributed by atoms with Gasteiger partial charge in [-0.05, 0) is 62.7 Å². The molecule has 0 N–H and O–H groups in total. The molecule has 2 aromatic heterocycles. The lowest BCUT2D eigenvalue weighted by Crippen LogP contribution is -2.28. The fourth-order valence-electron chi connectivity index (χ4n) is 8.84. The Hall–Kier alpha value is -7.43. The number of hydrogen-bond acceptors (Lipinski definition) is 4. The highest BCUT2D eigenvalue weighted by Crippen LogP contribution is 2.58. The predicted octanol–water partition coefficient (Wildman–Crippen LogP) is 12.8. The minimum absolute atomic E-state index is 0.477. The Balaban J connectivity index is 1.15. The van der Waals surface area contributed by atoms with E-state index < -0.39 is 5.41 Å². The monoisotopic (exact) mass is 715 g/mol. The smallest absolute Gasteiger partial charge is 0.164 e. The molecule has 2 heterocycles. The van der Waals surface area contributed by atoms with Crippen molar-refractivity contribution in [3.8, 4) is 56.4 Å². The zero-order valence-corrected chi connectivity index (χ0v) is 30.3. The van der Waals surface area contributed by atoms with Gasteiger partial charge in [0.05, 0.1) is 5.41 Å². The van der Waals surface area contributed by atoms with Gasteiger partial charge in [-0.25, -0.2) is 15.0 Å². The molecule has 0 radical (unpaired) electrons. The molecule has 1 aliphatic carbocycles. The highest BCUT2D eigenvalue weighted by Gasteiger charge is 2.46. The number of nitrogens with zero attached hydrogens (tertiary/aromatic N) is 3. The molecule has 11 rings (SSSR count). The number of rotatable bonds is 6. The molecule has 0 unspecified atom stereocenters. The van der Waals surface area contributed by atoms with Crippen molar-refractivity contribution in [2.75, 3.05) is 0 Å². The molecule has 1 aliphatic rings. The minimum Gasteiger partial charge on any atom is -0.456 e. The van der Waals surface area contributed by atoms with Gasteiger partial charge in [-0.15, -0.1) is 0 Å². The summed E-state index contributed by atoms with van der Waals surface area (Å²) >= 11 is 0. The van der Waals surface area contributed by atoms with E-state index in [1.54, 1.807) is 0 Å². The van der Waals surface area contributed by atoms with Crippen molar-refractivity contribution >= 4 is 21.9 Å². The Labute approximate surface area is 324 Å². The molecular weight excluding hydrogens is 683 g/mol. The normalized spacial score (nSPS) is 12.8. The Kier molecular flexibility index (Phi) is 7.36. The molecule has 10 aromatic rings. The molecule has 0 atom stereocenters. The van der Waals surface area contributed by atoms with Crippen molar-refractivity contribution in [3.63, 3.8) is 0 Å². The van der Waals surface area contributed by atoms with Crippen LogP contribution < -0.4 is 0 Å². The molecule has 8 aromatic carbocycles. The summed E-state index contributed by atoms with van der Waals surface area (Å²) in [6.07, 6.45) is 0. The topological polar surface area (TPSA) is 51.8 Å². The van der Waals surface area contributed by atoms with Crippen LogP contribution in [0.15, 0.2) is 205 Å². The van der Waals surface area contributed by atoms with E-state index in [-0.39, 0.29) is 0 Å². The first-order valence-corrected chi connectivity index (χ1v) is 18.9. The Morgan fingerprint density at radius 1 is 0.357 bits per heavy atom. The van der Waals surface area contributed by atoms with Crippen LogP contribution >= 0.6 is 0 Å². The van der Waals surface area contributed by atoms with E-state index in [1.807, 2.05) is 72.8 Å². The zero-order chi connectivity index (χ0) is 37.1. The van der Waals surface area contributed by atoms with Crippen molar-refractivity contribution in [2.24, 2.45) is 0 Å². The molecule has 4 nitrogen and oxygen atoms in total. The third-order valence-electron chi connectivity index (χ3n) is 11.2. The van der Waals surface area contributed by atoms with E-state index in [0.29, 0.717) is 17.5 Å². The molecule has 0 spiro atoms. The van der Waals surface area contributed by atoms with Gasteiger partial charge in [-0.3, -0.25) is 0 Å². The largest absolute Gasteiger partial charge is 0.456 e. The third kappa shape index (κ3) is 4.89. The number of aromatic nitrogens is 3. The first kappa shape index (κ1) is 32.0. The first-order chi connectivity index (χ1) is 27.8. The summed E-state index contributed by atoms with van der Waals surface area (Å²) < 4.78 is 6.56. The summed E-state index contributed by atoms with van der Waals surface area (Å²) in [7, 11) is 0. The van der Waals surface area contributed by atoms with Crippen LogP contribution in [0.4, 0.5) is 0 Å². The fourth-order valence-corrected chi connectivity index (χ4v) is 8.84. The van der Waals surface area contributed by atoms with Gasteiger partial charge in [0.1, 0.15) is 11.2 Å². The third-order valence-corrected chi connectivity index (χ3v) is 11.2. The SMILES string of the molecule is c1ccc(-c2nc(-c3ccccc3)nc(-c3cccc4oc5ccc(-c6cccc7c6-c6ccccc6C7(c6ccccc6)c6ccccc6)cc5c34)n2)cc1. The molecule has 0 amide bonds. The van der Waals surface area contributed by atoms with E-state index in [9.17, 15) is 0 Å². The lowest BCUT2D eigenvalue weighted by Gasteiger charge is -2.34. The second-order valence-electron chi connectivity index (χ2n) is 14.3. The molecule has 0 fully saturated rings. The summed E-state index contributed by atoms with van der Waals surface area (Å²) in [5.41, 5.74) is 13.7. The maximum absolute atomic E-state index is 6.56. The summed E-state index contributed by atoms with van der Waals surface area (Å²) in [4.78, 5) is 15.1. The number of benzene rings is 8. The second-order valence-corrected chi connectivity index (χ2v) is 14.3. The van der Waals surface area contributed by atoms with E-state index >= 15 is 0 Å². The Morgan fingerprint density at radius 3 is 1.54 bits per heavy atom. The van der Waals surface area contributed by atoms with Gasteiger partial charge < -0.3 is 4.42 Å². The van der Waals surface area contributed by atoms with Crippen molar-refractivity contribution in [3.05, 3.63) is 222 Å². The molecule has 262 valence electrons. The van der Waals surface area contributed by atoms with Crippen LogP contribution in [0.3, 0.4) is 0 Å². The van der Waals surface area contributed by atoms with Crippen molar-refractivity contribution in [1.82, 2.24) is 15.0 Å². The fraction of sp³-hybridized carbons (Fsp3) is 0.0192. The summed E-state index contributed by atoms with van der Waals surface area (Å²) in [5, 5.41) is 1.99. The van der Waals surface area contributed by atoms with Crippen molar-refractivity contribution in [2.45, 2.75) is 5.41 Å². The van der Waals surface area contributed by atoms with Crippen LogP contribution in [0, 0.1) is 0 Å². The van der Waals surface area contributed by atoms with Crippen LogP contribution in [0.2, 0.25) is 0 Å². The molecule has 4 heteroatoms. The van der Waals surface area contributed by atoms with Crippen molar-refractivity contribution < 1.29 is 4.42 Å². The number of fused-ring (bicyclic) bond motifs is 6. The van der Waals surface area contributed by atoms with Gasteiger partial charge >= 0.3 is 0 Å². The molecule has 0 aliphatic heterocycles. The molecule has 0 bridgehead atoms. The molecular formula is C52H33N3O. The molecule has 0 saturated heterocycles. The van der Waals surface area contributed by atoms with Crippen molar-refractivity contribution in [1.29, 1.82) is 0 Å². The predicted molar refractivity (Wildman–Crippen MR) is 226 cm³/mol. The number of furan rings is 1. The maximum Gasteiger partial charge on any atom is 0.164 e. The van der Waals surface area contributed by atoms with E-state index in [4.69, 9.17) is 19.4 Å². The van der Waals surface area contributed by atoms with E-state index in [1.165, 1.54) is 38.9 Å². The molecule has 0 saturated carbocycles. The first-order valence-electron chi connectivity index (χ1n) is 18.9. The van der Waals surface area contributed by atoms with E-state index in [0.717, 1.165) is 44.2 Å². The van der Waals surface area contributed by atoms with Crippen LogP contribution in [0.5, 0.6) is 0 Å². The Bertz CT molecular complexity index is 2970. The summed E-state index contributed by atoms with van der Waals surface area (Å²) in [6, 6.07) is 70.5. The van der Waals surface area contributed by atoms with Gasteiger partial charge in [-0.2, -0.15) is 0 Å². The van der Waals surface area contributed by atoms with Crippen LogP contribution in [0.25, 0.3) is 78.4 Å². The summed E-state index contributed by atoms with van der Waals surface area (Å²) in [5.74, 6) is 1.85. The lowest BCUT2D eigenvalue weighted by atomic mass is 9.67. The molecule has 56 heavy (non-hydrogen) atoms. The standard InChI is InChI=1S/C52H33N3O/c1-5-17-34(18-6-1)49-53-50(35-19-7-2-8-20-35)55-51(54-49)41-27-16-30-46-48(41)42-33-36(31-32-45(42)56-46)39-26-15-29-44-47(39)40-25-13-14-28-43(40)52(44,37-21-9-3-10-22-37)38-23-11-4-12-24-38/h1-33H. The Morgan fingerprint density at radius 2 is 0.875 bits per heavy atom. The van der Waals surface area contributed by atoms with Gasteiger partial charge in [-0.1, -0.05) is 182 Å². The second kappa shape index (κ2) is 12.9. The average molecular weight is 716 g/mol.